The molecule has 4 aromatic rings. The van der Waals surface area contributed by atoms with Crippen molar-refractivity contribution in [3.8, 4) is 5.88 Å². The van der Waals surface area contributed by atoms with Gasteiger partial charge in [0.2, 0.25) is 11.3 Å². The summed E-state index contributed by atoms with van der Waals surface area (Å²) in [4.78, 5) is 30.0. The molecule has 1 amide bonds. The minimum absolute atomic E-state index is 0.0700. The summed E-state index contributed by atoms with van der Waals surface area (Å²) in [7, 11) is 0. The Labute approximate surface area is 172 Å². The van der Waals surface area contributed by atoms with Crippen LogP contribution in [0.1, 0.15) is 29.9 Å². The number of benzene rings is 1. The summed E-state index contributed by atoms with van der Waals surface area (Å²) < 4.78 is 3.43. The number of amides is 1. The topological polar surface area (TPSA) is 102 Å². The van der Waals surface area contributed by atoms with Crippen LogP contribution in [0.15, 0.2) is 57.6 Å². The summed E-state index contributed by atoms with van der Waals surface area (Å²) in [6.07, 6.45) is 1.47. The van der Waals surface area contributed by atoms with Crippen LogP contribution < -0.4 is 5.43 Å². The first-order chi connectivity index (χ1) is 14.5. The number of aromatic hydroxyl groups is 1. The monoisotopic (exact) mass is 403 g/mol. The molecule has 0 unspecified atom stereocenters. The maximum Gasteiger partial charge on any atom is 0.300 e. The highest BCUT2D eigenvalue weighted by molar-refractivity contribution is 5.98. The van der Waals surface area contributed by atoms with Gasteiger partial charge in [0.15, 0.2) is 5.69 Å². The molecule has 4 rings (SSSR count). The molecular weight excluding hydrogens is 382 g/mol. The fraction of sp³-hybridized carbons (Fsp3) is 0.227. The van der Waals surface area contributed by atoms with Gasteiger partial charge in [-0.1, -0.05) is 18.2 Å². The molecule has 0 spiro atoms. The summed E-state index contributed by atoms with van der Waals surface area (Å²) in [6, 6.07) is 10.7. The van der Waals surface area contributed by atoms with Gasteiger partial charge in [-0.15, -0.1) is 10.2 Å². The van der Waals surface area contributed by atoms with Crippen LogP contribution in [-0.2, 0) is 13.1 Å². The average molecular weight is 403 g/mol. The number of rotatable bonds is 4. The number of hydrogen-bond donors (Lipinski definition) is 1. The number of aromatic nitrogens is 3. The second-order valence-electron chi connectivity index (χ2n) is 6.92. The van der Waals surface area contributed by atoms with E-state index in [2.05, 4.69) is 15.2 Å². The van der Waals surface area contributed by atoms with Crippen LogP contribution in [0.5, 0.6) is 5.88 Å². The van der Waals surface area contributed by atoms with Crippen LogP contribution in [0.2, 0.25) is 0 Å². The molecule has 0 aliphatic heterocycles. The van der Waals surface area contributed by atoms with E-state index in [1.807, 2.05) is 39.0 Å². The molecule has 3 aromatic heterocycles. The second kappa shape index (κ2) is 7.55. The van der Waals surface area contributed by atoms with Gasteiger partial charge in [-0.3, -0.25) is 9.59 Å². The minimum atomic E-state index is -0.766. The Bertz CT molecular complexity index is 1380. The van der Waals surface area contributed by atoms with Gasteiger partial charge in [-0.05, 0) is 39.0 Å². The molecule has 1 N–H and O–H groups in total. The van der Waals surface area contributed by atoms with E-state index in [0.717, 1.165) is 11.2 Å². The third kappa shape index (κ3) is 3.06. The van der Waals surface area contributed by atoms with Crippen molar-refractivity contribution < 1.29 is 9.90 Å². The lowest BCUT2D eigenvalue weighted by Crippen LogP contribution is -2.18. The fourth-order valence-corrected chi connectivity index (χ4v) is 3.59. The average Bonchev–Trinajstić information content (AvgIpc) is 3.02. The zero-order valence-corrected chi connectivity index (χ0v) is 17.0. The molecule has 1 aromatic carbocycles. The molecule has 0 saturated carbocycles. The van der Waals surface area contributed by atoms with Crippen molar-refractivity contribution in [2.24, 2.45) is 10.2 Å². The lowest BCUT2D eigenvalue weighted by molar-refractivity contribution is 0.0993. The molecule has 8 heteroatoms. The molecule has 30 heavy (non-hydrogen) atoms. The fourth-order valence-electron chi connectivity index (χ4n) is 3.59. The van der Waals surface area contributed by atoms with Gasteiger partial charge in [-0.2, -0.15) is 0 Å². The third-order valence-electron chi connectivity index (χ3n) is 5.11. The van der Waals surface area contributed by atoms with E-state index in [0.29, 0.717) is 29.5 Å². The van der Waals surface area contributed by atoms with Crippen molar-refractivity contribution in [2.75, 3.05) is 0 Å². The van der Waals surface area contributed by atoms with Crippen molar-refractivity contribution in [3.05, 3.63) is 64.1 Å². The predicted molar refractivity (Wildman–Crippen MR) is 115 cm³/mol. The highest BCUT2D eigenvalue weighted by atomic mass is 16.3. The van der Waals surface area contributed by atoms with E-state index < -0.39 is 11.3 Å². The summed E-state index contributed by atoms with van der Waals surface area (Å²) >= 11 is 0. The first kappa shape index (κ1) is 19.5. The Morgan fingerprint density at radius 2 is 1.87 bits per heavy atom. The van der Waals surface area contributed by atoms with Crippen LogP contribution in [0, 0.1) is 6.92 Å². The minimum Gasteiger partial charge on any atom is -0.493 e. The standard InChI is InChI=1S/C22H21N5O3/c1-4-26-12-16(19(28)15-11-10-13(3)23-20(15)26)21(29)25-24-18-14-8-6-7-9-17(14)27(5-2)22(18)30/h6-12,30H,4-5H2,1-3H3. The number of azo groups is 1. The summed E-state index contributed by atoms with van der Waals surface area (Å²) in [5.74, 6) is -0.836. The number of carbonyl (C=O) groups excluding carboxylic acids is 1. The SMILES string of the molecule is CCn1cc(C(=O)N=Nc2c(O)n(CC)c3ccccc23)c(=O)c2ccc(C)nc21. The summed E-state index contributed by atoms with van der Waals surface area (Å²) in [5.41, 5.74) is 1.78. The maximum atomic E-state index is 12.9. The zero-order valence-electron chi connectivity index (χ0n) is 17.0. The molecule has 0 aliphatic rings. The van der Waals surface area contributed by atoms with Gasteiger partial charge >= 0.3 is 5.91 Å². The van der Waals surface area contributed by atoms with Gasteiger partial charge in [0, 0.05) is 30.4 Å². The van der Waals surface area contributed by atoms with Crippen molar-refractivity contribution in [1.82, 2.24) is 14.1 Å². The molecular formula is C22H21N5O3. The second-order valence-corrected chi connectivity index (χ2v) is 6.92. The van der Waals surface area contributed by atoms with Crippen molar-refractivity contribution >= 4 is 33.5 Å². The highest BCUT2D eigenvalue weighted by Gasteiger charge is 2.18. The molecule has 0 fully saturated rings. The predicted octanol–water partition coefficient (Wildman–Crippen LogP) is 4.33. The molecule has 0 aliphatic carbocycles. The number of para-hydroxylation sites is 1. The van der Waals surface area contributed by atoms with E-state index in [4.69, 9.17) is 0 Å². The van der Waals surface area contributed by atoms with Gasteiger partial charge in [-0.25, -0.2) is 4.98 Å². The number of fused-ring (bicyclic) bond motifs is 2. The normalized spacial score (nSPS) is 11.7. The first-order valence-electron chi connectivity index (χ1n) is 9.73. The van der Waals surface area contributed by atoms with Crippen LogP contribution in [0.4, 0.5) is 5.69 Å². The molecule has 0 saturated heterocycles. The van der Waals surface area contributed by atoms with Crippen molar-refractivity contribution in [2.45, 2.75) is 33.9 Å². The Kier molecular flexibility index (Phi) is 4.91. The third-order valence-corrected chi connectivity index (χ3v) is 5.11. The van der Waals surface area contributed by atoms with E-state index in [1.54, 1.807) is 27.3 Å². The van der Waals surface area contributed by atoms with E-state index >= 15 is 0 Å². The van der Waals surface area contributed by atoms with Crippen LogP contribution in [0.3, 0.4) is 0 Å². The van der Waals surface area contributed by atoms with Gasteiger partial charge in [0.25, 0.3) is 0 Å². The lowest BCUT2D eigenvalue weighted by atomic mass is 10.1. The number of carbonyl (C=O) groups is 1. The maximum absolute atomic E-state index is 12.9. The zero-order chi connectivity index (χ0) is 21.4. The number of nitrogens with zero attached hydrogens (tertiary/aromatic N) is 5. The van der Waals surface area contributed by atoms with Gasteiger partial charge in [0.05, 0.1) is 10.9 Å². The van der Waals surface area contributed by atoms with Gasteiger partial charge < -0.3 is 14.2 Å². The molecule has 8 nitrogen and oxygen atoms in total. The first-order valence-corrected chi connectivity index (χ1v) is 9.73. The van der Waals surface area contributed by atoms with Crippen LogP contribution in [-0.4, -0.2) is 25.1 Å². The number of hydrogen-bond acceptors (Lipinski definition) is 5. The van der Waals surface area contributed by atoms with Crippen molar-refractivity contribution in [1.29, 1.82) is 0 Å². The van der Waals surface area contributed by atoms with Crippen molar-refractivity contribution in [3.63, 3.8) is 0 Å². The Hall–Kier alpha value is -3.81. The summed E-state index contributed by atoms with van der Waals surface area (Å²) in [6.45, 7) is 6.72. The van der Waals surface area contributed by atoms with E-state index in [-0.39, 0.29) is 17.1 Å². The highest BCUT2D eigenvalue weighted by Crippen LogP contribution is 2.38. The van der Waals surface area contributed by atoms with Crippen LogP contribution in [0.25, 0.3) is 21.9 Å². The Morgan fingerprint density at radius 3 is 2.60 bits per heavy atom. The number of pyridine rings is 2. The van der Waals surface area contributed by atoms with Crippen LogP contribution >= 0.6 is 0 Å². The molecule has 0 bridgehead atoms. The lowest BCUT2D eigenvalue weighted by Gasteiger charge is -2.09. The quantitative estimate of drug-likeness (QED) is 0.512. The Morgan fingerprint density at radius 1 is 1.10 bits per heavy atom. The molecule has 0 radical (unpaired) electrons. The largest absolute Gasteiger partial charge is 0.493 e. The smallest absolute Gasteiger partial charge is 0.300 e. The summed E-state index contributed by atoms with van der Waals surface area (Å²) in [5, 5.41) is 19.3. The van der Waals surface area contributed by atoms with Gasteiger partial charge in [0.1, 0.15) is 11.2 Å². The molecule has 152 valence electrons. The Balaban J connectivity index is 1.81. The molecule has 3 heterocycles. The molecule has 0 atom stereocenters. The van der Waals surface area contributed by atoms with E-state index in [9.17, 15) is 14.7 Å². The van der Waals surface area contributed by atoms with E-state index in [1.165, 1.54) is 6.20 Å². The number of aryl methyl sites for hydroxylation is 3.